The van der Waals surface area contributed by atoms with Gasteiger partial charge in [0.25, 0.3) is 5.91 Å². The van der Waals surface area contributed by atoms with E-state index in [0.29, 0.717) is 16.7 Å². The normalized spacial score (nSPS) is 19.5. The summed E-state index contributed by atoms with van der Waals surface area (Å²) in [6.45, 7) is 14.5. The first-order chi connectivity index (χ1) is 15.7. The summed E-state index contributed by atoms with van der Waals surface area (Å²) in [4.78, 5) is 20.3. The molecule has 1 amide bonds. The molecular weight excluding hydrogens is 430 g/mol. The second-order valence-corrected chi connectivity index (χ2v) is 9.89. The van der Waals surface area contributed by atoms with E-state index in [1.54, 1.807) is 0 Å². The van der Waals surface area contributed by atoms with Crippen LogP contribution in [0.5, 0.6) is 5.75 Å². The largest absolute Gasteiger partial charge is 0.494 e. The number of likely N-dealkylation sites (N-methyl/N-ethyl adjacent to an activating group) is 1. The molecule has 4 rings (SSSR count). The number of aliphatic imine (C=N–C) groups is 1. The third-order valence-corrected chi connectivity index (χ3v) is 6.91. The average Bonchev–Trinajstić information content (AvgIpc) is 3.09. The topological polar surface area (TPSA) is 53.9 Å². The zero-order chi connectivity index (χ0) is 23.8. The van der Waals surface area contributed by atoms with Gasteiger partial charge in [0, 0.05) is 17.8 Å². The van der Waals surface area contributed by atoms with Crippen molar-refractivity contribution < 1.29 is 9.53 Å². The lowest BCUT2D eigenvalue weighted by atomic mass is 9.87. The molecule has 2 aromatic rings. The number of fused-ring (bicyclic) bond motifs is 1. The SMILES string of the molecule is CCOc1ccc(N=C2NC(=O)/C(=C/c3cc4c(cc3C)N(CC)C(C)(C)C=C4C)S2)cc1. The van der Waals surface area contributed by atoms with Crippen LogP contribution in [0.15, 0.2) is 52.4 Å². The lowest BCUT2D eigenvalue weighted by Crippen LogP contribution is -2.44. The molecule has 0 unspecified atom stereocenters. The molecule has 2 aromatic carbocycles. The molecule has 0 atom stereocenters. The fourth-order valence-corrected chi connectivity index (χ4v) is 5.33. The van der Waals surface area contributed by atoms with Crippen molar-refractivity contribution in [3.8, 4) is 5.75 Å². The predicted molar refractivity (Wildman–Crippen MR) is 140 cm³/mol. The van der Waals surface area contributed by atoms with E-state index < -0.39 is 0 Å². The van der Waals surface area contributed by atoms with Gasteiger partial charge in [0.2, 0.25) is 0 Å². The van der Waals surface area contributed by atoms with Crippen LogP contribution in [0, 0.1) is 6.92 Å². The van der Waals surface area contributed by atoms with Crippen LogP contribution in [0.3, 0.4) is 0 Å². The van der Waals surface area contributed by atoms with Gasteiger partial charge in [-0.25, -0.2) is 4.99 Å². The van der Waals surface area contributed by atoms with E-state index in [1.165, 1.54) is 28.6 Å². The number of carbonyl (C=O) groups is 1. The smallest absolute Gasteiger partial charge is 0.264 e. The minimum atomic E-state index is -0.120. The molecular formula is C27H31N3O2S. The highest BCUT2D eigenvalue weighted by Crippen LogP contribution is 2.41. The Balaban J connectivity index is 1.62. The first-order valence-corrected chi connectivity index (χ1v) is 12.2. The van der Waals surface area contributed by atoms with Gasteiger partial charge in [0.15, 0.2) is 5.17 Å². The summed E-state index contributed by atoms with van der Waals surface area (Å²) in [5, 5.41) is 3.47. The molecule has 0 radical (unpaired) electrons. The minimum Gasteiger partial charge on any atom is -0.494 e. The van der Waals surface area contributed by atoms with E-state index in [9.17, 15) is 4.79 Å². The van der Waals surface area contributed by atoms with Gasteiger partial charge in [-0.2, -0.15) is 0 Å². The monoisotopic (exact) mass is 461 g/mol. The predicted octanol–water partition coefficient (Wildman–Crippen LogP) is 6.31. The summed E-state index contributed by atoms with van der Waals surface area (Å²) in [6.07, 6.45) is 4.29. The number of hydrogen-bond acceptors (Lipinski definition) is 5. The highest BCUT2D eigenvalue weighted by Gasteiger charge is 2.31. The molecule has 2 aliphatic heterocycles. The Hall–Kier alpha value is -2.99. The molecule has 2 aliphatic rings. The molecule has 0 aromatic heterocycles. The number of nitrogens with zero attached hydrogens (tertiary/aromatic N) is 2. The third kappa shape index (κ3) is 4.71. The van der Waals surface area contributed by atoms with E-state index in [4.69, 9.17) is 4.74 Å². The lowest BCUT2D eigenvalue weighted by molar-refractivity contribution is -0.115. The molecule has 5 nitrogen and oxygen atoms in total. The molecule has 0 saturated carbocycles. The van der Waals surface area contributed by atoms with Crippen molar-refractivity contribution in [2.75, 3.05) is 18.1 Å². The first kappa shape index (κ1) is 23.2. The van der Waals surface area contributed by atoms with Crippen molar-refractivity contribution >= 4 is 45.9 Å². The van der Waals surface area contributed by atoms with Crippen LogP contribution >= 0.6 is 11.8 Å². The maximum absolute atomic E-state index is 12.6. The van der Waals surface area contributed by atoms with Gasteiger partial charge >= 0.3 is 0 Å². The van der Waals surface area contributed by atoms with Crippen LogP contribution in [-0.2, 0) is 4.79 Å². The van der Waals surface area contributed by atoms with Crippen LogP contribution < -0.4 is 15.0 Å². The number of ether oxygens (including phenoxy) is 1. The Kier molecular flexibility index (Phi) is 6.39. The second kappa shape index (κ2) is 9.10. The van der Waals surface area contributed by atoms with Gasteiger partial charge in [0.05, 0.1) is 22.7 Å². The molecule has 6 heteroatoms. The molecule has 0 bridgehead atoms. The number of benzene rings is 2. The fraction of sp³-hybridized carbons (Fsp3) is 0.333. The minimum absolute atomic E-state index is 0.0221. The van der Waals surface area contributed by atoms with Crippen LogP contribution in [0.4, 0.5) is 11.4 Å². The zero-order valence-electron chi connectivity index (χ0n) is 20.2. The van der Waals surface area contributed by atoms with Crippen molar-refractivity contribution in [1.82, 2.24) is 5.32 Å². The Bertz CT molecular complexity index is 1180. The van der Waals surface area contributed by atoms with Crippen molar-refractivity contribution in [2.24, 2.45) is 4.99 Å². The molecule has 0 spiro atoms. The lowest BCUT2D eigenvalue weighted by Gasteiger charge is -2.43. The van der Waals surface area contributed by atoms with Crippen LogP contribution in [-0.4, -0.2) is 29.8 Å². The van der Waals surface area contributed by atoms with Crippen molar-refractivity contribution in [3.63, 3.8) is 0 Å². The van der Waals surface area contributed by atoms with Crippen molar-refractivity contribution in [3.05, 3.63) is 64.1 Å². The summed E-state index contributed by atoms with van der Waals surface area (Å²) in [7, 11) is 0. The molecule has 1 saturated heterocycles. The van der Waals surface area contributed by atoms with Gasteiger partial charge in [-0.3, -0.25) is 4.79 Å². The van der Waals surface area contributed by atoms with E-state index in [2.05, 4.69) is 68.0 Å². The standard InChI is InChI=1S/C27H31N3O2S/c1-7-30-23-13-17(3)19(14-22(23)18(4)16-27(30,5)6)15-24-25(31)29-26(33-24)28-20-9-11-21(12-10-20)32-8-2/h9-16H,7-8H2,1-6H3,(H,28,29,31)/b24-15-. The summed E-state index contributed by atoms with van der Waals surface area (Å²) < 4.78 is 5.48. The molecule has 1 N–H and O–H groups in total. The Morgan fingerprint density at radius 1 is 1.15 bits per heavy atom. The second-order valence-electron chi connectivity index (χ2n) is 8.86. The quantitative estimate of drug-likeness (QED) is 0.530. The number of rotatable bonds is 5. The van der Waals surface area contributed by atoms with Gasteiger partial charge in [0.1, 0.15) is 5.75 Å². The molecule has 172 valence electrons. The van der Waals surface area contributed by atoms with Gasteiger partial charge in [-0.05, 0) is 112 Å². The molecule has 1 fully saturated rings. The van der Waals surface area contributed by atoms with E-state index >= 15 is 0 Å². The Morgan fingerprint density at radius 3 is 2.55 bits per heavy atom. The van der Waals surface area contributed by atoms with Crippen molar-refractivity contribution in [2.45, 2.75) is 47.1 Å². The zero-order valence-corrected chi connectivity index (χ0v) is 21.0. The number of amidine groups is 1. The number of anilines is 1. The summed E-state index contributed by atoms with van der Waals surface area (Å²) in [5.41, 5.74) is 6.69. The highest BCUT2D eigenvalue weighted by atomic mass is 32.2. The van der Waals surface area contributed by atoms with Crippen molar-refractivity contribution in [1.29, 1.82) is 0 Å². The number of carbonyl (C=O) groups excluding carboxylic acids is 1. The van der Waals surface area contributed by atoms with E-state index in [0.717, 1.165) is 29.1 Å². The third-order valence-electron chi connectivity index (χ3n) is 6.00. The Morgan fingerprint density at radius 2 is 1.88 bits per heavy atom. The van der Waals surface area contributed by atoms with Gasteiger partial charge < -0.3 is 15.0 Å². The Labute approximate surface area is 200 Å². The molecule has 2 heterocycles. The van der Waals surface area contributed by atoms with Crippen LogP contribution in [0.2, 0.25) is 0 Å². The first-order valence-electron chi connectivity index (χ1n) is 11.4. The number of hydrogen-bond donors (Lipinski definition) is 1. The summed E-state index contributed by atoms with van der Waals surface area (Å²) in [6, 6.07) is 12.0. The fourth-order valence-electron chi connectivity index (χ4n) is 4.50. The van der Waals surface area contributed by atoms with Crippen LogP contribution in [0.1, 0.15) is 51.3 Å². The molecule has 33 heavy (non-hydrogen) atoms. The van der Waals surface area contributed by atoms with Gasteiger partial charge in [-0.1, -0.05) is 6.08 Å². The number of allylic oxidation sites excluding steroid dienone is 1. The highest BCUT2D eigenvalue weighted by molar-refractivity contribution is 8.18. The van der Waals surface area contributed by atoms with Gasteiger partial charge in [-0.15, -0.1) is 0 Å². The van der Waals surface area contributed by atoms with E-state index in [-0.39, 0.29) is 11.4 Å². The number of amides is 1. The summed E-state index contributed by atoms with van der Waals surface area (Å²) in [5.74, 6) is 0.688. The summed E-state index contributed by atoms with van der Waals surface area (Å²) >= 11 is 1.37. The average molecular weight is 462 g/mol. The maximum atomic E-state index is 12.6. The number of nitrogens with one attached hydrogen (secondary N) is 1. The molecule has 0 aliphatic carbocycles. The van der Waals surface area contributed by atoms with E-state index in [1.807, 2.05) is 37.3 Å². The maximum Gasteiger partial charge on any atom is 0.264 e. The number of thioether (sulfide) groups is 1. The van der Waals surface area contributed by atoms with Crippen LogP contribution in [0.25, 0.3) is 11.6 Å². The number of aryl methyl sites for hydroxylation is 1.